The first-order chi connectivity index (χ1) is 6.51. The summed E-state index contributed by atoms with van der Waals surface area (Å²) >= 11 is 0. The van der Waals surface area contributed by atoms with Gasteiger partial charge in [0.05, 0.1) is 0 Å². The van der Waals surface area contributed by atoms with Crippen LogP contribution in [0.1, 0.15) is 20.3 Å². The first kappa shape index (κ1) is 11.2. The Morgan fingerprint density at radius 2 is 2.21 bits per heavy atom. The maximum absolute atomic E-state index is 13.2. The van der Waals surface area contributed by atoms with E-state index in [0.29, 0.717) is 12.0 Å². The Morgan fingerprint density at radius 1 is 1.57 bits per heavy atom. The van der Waals surface area contributed by atoms with E-state index < -0.39 is 5.92 Å². The molecule has 0 N–H and O–H groups in total. The van der Waals surface area contributed by atoms with Gasteiger partial charge in [-0.05, 0) is 24.3 Å². The number of allylic oxidation sites excluding steroid dienone is 5. The van der Waals surface area contributed by atoms with Crippen LogP contribution in [0.2, 0.25) is 0 Å². The zero-order valence-corrected chi connectivity index (χ0v) is 8.63. The van der Waals surface area contributed by atoms with Gasteiger partial charge in [0.25, 0.3) is 5.92 Å². The Hall–Kier alpha value is -0.920. The van der Waals surface area contributed by atoms with Crippen LogP contribution in [-0.4, -0.2) is 5.92 Å². The van der Waals surface area contributed by atoms with E-state index in [-0.39, 0.29) is 11.5 Å². The van der Waals surface area contributed by atoms with E-state index in [1.165, 1.54) is 6.08 Å². The topological polar surface area (TPSA) is 0 Å². The van der Waals surface area contributed by atoms with Crippen LogP contribution in [0.25, 0.3) is 0 Å². The Morgan fingerprint density at radius 3 is 2.64 bits per heavy atom. The van der Waals surface area contributed by atoms with Crippen molar-refractivity contribution in [1.29, 1.82) is 0 Å². The van der Waals surface area contributed by atoms with Crippen molar-refractivity contribution in [1.82, 2.24) is 0 Å². The first-order valence-electron chi connectivity index (χ1n) is 4.93. The minimum atomic E-state index is -2.89. The van der Waals surface area contributed by atoms with E-state index in [0.717, 1.165) is 6.42 Å². The van der Waals surface area contributed by atoms with Crippen molar-refractivity contribution >= 4 is 0 Å². The second-order valence-corrected chi connectivity index (χ2v) is 3.74. The molecular weight excluding hydrogens is 182 g/mol. The molecule has 0 aromatic carbocycles. The van der Waals surface area contributed by atoms with Crippen LogP contribution in [0.4, 0.5) is 8.78 Å². The van der Waals surface area contributed by atoms with Gasteiger partial charge >= 0.3 is 0 Å². The van der Waals surface area contributed by atoms with Gasteiger partial charge in [0.15, 0.2) is 0 Å². The molecule has 0 radical (unpaired) electrons. The summed E-state index contributed by atoms with van der Waals surface area (Å²) in [5.41, 5.74) is 0.0738. The van der Waals surface area contributed by atoms with Crippen LogP contribution in [0.15, 0.2) is 36.5 Å². The molecular formula is C12H16F2. The standard InChI is InChI=1S/C12H16F2/c1-4-10-6-7-11(8-9(10)3)12(13,14)5-2/h5-10H,2,4H2,1,3H3. The molecule has 0 saturated heterocycles. The molecule has 1 aliphatic rings. The van der Waals surface area contributed by atoms with Gasteiger partial charge in [-0.15, -0.1) is 0 Å². The second-order valence-electron chi connectivity index (χ2n) is 3.74. The lowest BCUT2D eigenvalue weighted by molar-refractivity contribution is 0.0998. The molecule has 0 fully saturated rings. The van der Waals surface area contributed by atoms with E-state index in [1.807, 2.05) is 13.0 Å². The predicted molar refractivity (Wildman–Crippen MR) is 55.3 cm³/mol. The summed E-state index contributed by atoms with van der Waals surface area (Å²) in [5.74, 6) is -2.31. The number of alkyl halides is 2. The largest absolute Gasteiger partial charge is 0.291 e. The van der Waals surface area contributed by atoms with Crippen molar-refractivity contribution in [3.8, 4) is 0 Å². The Bertz CT molecular complexity index is 274. The summed E-state index contributed by atoms with van der Waals surface area (Å²) in [6, 6.07) is 0. The average molecular weight is 198 g/mol. The molecule has 0 amide bonds. The van der Waals surface area contributed by atoms with Crippen LogP contribution < -0.4 is 0 Å². The lowest BCUT2D eigenvalue weighted by Crippen LogP contribution is -2.20. The molecule has 2 heteroatoms. The number of hydrogen-bond donors (Lipinski definition) is 0. The lowest BCUT2D eigenvalue weighted by Gasteiger charge is -2.24. The molecule has 0 aliphatic heterocycles. The fourth-order valence-electron chi connectivity index (χ4n) is 1.71. The Kier molecular flexibility index (Phi) is 3.25. The van der Waals surface area contributed by atoms with Gasteiger partial charge in [-0.3, -0.25) is 0 Å². The van der Waals surface area contributed by atoms with Gasteiger partial charge in [0, 0.05) is 5.57 Å². The highest BCUT2D eigenvalue weighted by Crippen LogP contribution is 2.33. The third kappa shape index (κ3) is 2.11. The SMILES string of the molecule is C=CC(F)(F)C1=CC(C)C(CC)C=C1. The fraction of sp³-hybridized carbons (Fsp3) is 0.500. The summed E-state index contributed by atoms with van der Waals surface area (Å²) in [4.78, 5) is 0. The molecule has 0 aromatic heterocycles. The first-order valence-corrected chi connectivity index (χ1v) is 4.93. The van der Waals surface area contributed by atoms with Crippen molar-refractivity contribution < 1.29 is 8.78 Å². The summed E-state index contributed by atoms with van der Waals surface area (Å²) in [7, 11) is 0. The highest BCUT2D eigenvalue weighted by molar-refractivity contribution is 5.34. The van der Waals surface area contributed by atoms with Gasteiger partial charge in [0.1, 0.15) is 0 Å². The van der Waals surface area contributed by atoms with Crippen LogP contribution in [0, 0.1) is 11.8 Å². The molecule has 78 valence electrons. The summed E-state index contributed by atoms with van der Waals surface area (Å²) in [6.45, 7) is 7.18. The minimum Gasteiger partial charge on any atom is -0.197 e. The fourth-order valence-corrected chi connectivity index (χ4v) is 1.71. The van der Waals surface area contributed by atoms with E-state index in [1.54, 1.807) is 6.08 Å². The predicted octanol–water partition coefficient (Wildman–Crippen LogP) is 3.97. The Labute approximate surface area is 84.0 Å². The van der Waals surface area contributed by atoms with Gasteiger partial charge in [-0.2, -0.15) is 8.78 Å². The highest BCUT2D eigenvalue weighted by Gasteiger charge is 2.31. The molecule has 0 aromatic rings. The summed E-state index contributed by atoms with van der Waals surface area (Å²) in [5, 5.41) is 0. The number of hydrogen-bond acceptors (Lipinski definition) is 0. The number of halogens is 2. The molecule has 2 unspecified atom stereocenters. The molecule has 0 saturated carbocycles. The lowest BCUT2D eigenvalue weighted by atomic mass is 9.84. The van der Waals surface area contributed by atoms with Gasteiger partial charge < -0.3 is 0 Å². The number of rotatable bonds is 3. The molecule has 0 nitrogen and oxygen atoms in total. The van der Waals surface area contributed by atoms with Crippen molar-refractivity contribution in [2.45, 2.75) is 26.2 Å². The smallest absolute Gasteiger partial charge is 0.197 e. The summed E-state index contributed by atoms with van der Waals surface area (Å²) < 4.78 is 26.4. The zero-order valence-electron chi connectivity index (χ0n) is 8.63. The van der Waals surface area contributed by atoms with Crippen molar-refractivity contribution in [2.75, 3.05) is 0 Å². The third-order valence-corrected chi connectivity index (χ3v) is 2.75. The molecule has 0 bridgehead atoms. The van der Waals surface area contributed by atoms with E-state index >= 15 is 0 Å². The molecule has 1 rings (SSSR count). The average Bonchev–Trinajstić information content (AvgIpc) is 2.17. The van der Waals surface area contributed by atoms with Crippen molar-refractivity contribution in [2.24, 2.45) is 11.8 Å². The van der Waals surface area contributed by atoms with E-state index in [9.17, 15) is 8.78 Å². The second kappa shape index (κ2) is 4.07. The Balaban J connectivity index is 2.87. The van der Waals surface area contributed by atoms with Gasteiger partial charge in [0.2, 0.25) is 0 Å². The van der Waals surface area contributed by atoms with Gasteiger partial charge in [-0.25, -0.2) is 0 Å². The van der Waals surface area contributed by atoms with E-state index in [4.69, 9.17) is 0 Å². The maximum Gasteiger partial charge on any atom is 0.291 e. The summed E-state index contributed by atoms with van der Waals surface area (Å²) in [6.07, 6.45) is 6.73. The quantitative estimate of drug-likeness (QED) is 0.602. The third-order valence-electron chi connectivity index (χ3n) is 2.75. The molecule has 1 aliphatic carbocycles. The maximum atomic E-state index is 13.2. The van der Waals surface area contributed by atoms with Crippen molar-refractivity contribution in [3.05, 3.63) is 36.5 Å². The monoisotopic (exact) mass is 198 g/mol. The van der Waals surface area contributed by atoms with E-state index in [2.05, 4.69) is 13.5 Å². The molecule has 14 heavy (non-hydrogen) atoms. The normalized spacial score (nSPS) is 27.3. The minimum absolute atomic E-state index is 0.0738. The highest BCUT2D eigenvalue weighted by atomic mass is 19.3. The zero-order chi connectivity index (χ0) is 10.8. The van der Waals surface area contributed by atoms with Gasteiger partial charge in [-0.1, -0.05) is 38.7 Å². The van der Waals surface area contributed by atoms with Crippen LogP contribution >= 0.6 is 0 Å². The van der Waals surface area contributed by atoms with Crippen LogP contribution in [0.5, 0.6) is 0 Å². The van der Waals surface area contributed by atoms with Crippen LogP contribution in [-0.2, 0) is 0 Å². The molecule has 2 atom stereocenters. The van der Waals surface area contributed by atoms with Crippen LogP contribution in [0.3, 0.4) is 0 Å². The molecule has 0 spiro atoms. The molecule has 0 heterocycles. The van der Waals surface area contributed by atoms with Crippen molar-refractivity contribution in [3.63, 3.8) is 0 Å².